The molecule has 7 heteroatoms. The maximum atomic E-state index is 12.2. The van der Waals surface area contributed by atoms with Crippen LogP contribution in [0.4, 0.5) is 11.4 Å². The molecule has 0 radical (unpaired) electrons. The lowest BCUT2D eigenvalue weighted by molar-refractivity contribution is -0.118. The van der Waals surface area contributed by atoms with Crippen molar-refractivity contribution in [2.75, 3.05) is 17.2 Å². The molecule has 0 aliphatic rings. The summed E-state index contributed by atoms with van der Waals surface area (Å²) in [6.07, 6.45) is 0. The number of carbonyl (C=O) groups excluding carboxylic acids is 1. The average Bonchev–Trinajstić information content (AvgIpc) is 2.66. The van der Waals surface area contributed by atoms with E-state index in [-0.39, 0.29) is 12.5 Å². The molecule has 0 fully saturated rings. The fourth-order valence-corrected chi connectivity index (χ4v) is 4.42. The molecule has 0 aromatic heterocycles. The predicted octanol–water partition coefficient (Wildman–Crippen LogP) is 6.80. The molecule has 1 amide bonds. The number of halogens is 3. The Morgan fingerprint density at radius 1 is 1.03 bits per heavy atom. The van der Waals surface area contributed by atoms with Crippen LogP contribution in [-0.4, -0.2) is 12.5 Å². The van der Waals surface area contributed by atoms with Gasteiger partial charge < -0.3 is 15.4 Å². The van der Waals surface area contributed by atoms with Crippen molar-refractivity contribution in [1.82, 2.24) is 0 Å². The van der Waals surface area contributed by atoms with E-state index in [4.69, 9.17) is 16.3 Å². The van der Waals surface area contributed by atoms with Gasteiger partial charge in [0.2, 0.25) is 0 Å². The van der Waals surface area contributed by atoms with Gasteiger partial charge in [-0.25, -0.2) is 0 Å². The third kappa shape index (κ3) is 6.23. The largest absolute Gasteiger partial charge is 0.481 e. The Balaban J connectivity index is 1.60. The van der Waals surface area contributed by atoms with E-state index in [2.05, 4.69) is 42.5 Å². The molecule has 3 aromatic rings. The first-order valence-electron chi connectivity index (χ1n) is 8.88. The molecule has 4 nitrogen and oxygen atoms in total. The number of para-hydroxylation sites is 1. The van der Waals surface area contributed by atoms with Gasteiger partial charge in [0.1, 0.15) is 5.75 Å². The summed E-state index contributed by atoms with van der Waals surface area (Å²) in [5.74, 6) is 0.352. The van der Waals surface area contributed by atoms with E-state index in [1.807, 2.05) is 67.6 Å². The van der Waals surface area contributed by atoms with Crippen LogP contribution in [0.2, 0.25) is 5.02 Å². The van der Waals surface area contributed by atoms with E-state index in [0.717, 1.165) is 31.4 Å². The maximum Gasteiger partial charge on any atom is 0.262 e. The summed E-state index contributed by atoms with van der Waals surface area (Å²) in [6.45, 7) is 2.47. The van der Waals surface area contributed by atoms with Gasteiger partial charge in [0.25, 0.3) is 5.91 Å². The van der Waals surface area contributed by atoms with Gasteiger partial charge in [0.05, 0.1) is 19.7 Å². The van der Waals surface area contributed by atoms with Gasteiger partial charge in [-0.2, -0.15) is 0 Å². The lowest BCUT2D eigenvalue weighted by Gasteiger charge is -2.14. The van der Waals surface area contributed by atoms with Gasteiger partial charge in [-0.15, -0.1) is 0 Å². The Labute approximate surface area is 191 Å². The molecule has 0 aliphatic heterocycles. The van der Waals surface area contributed by atoms with Crippen LogP contribution in [0.3, 0.4) is 0 Å². The fourth-order valence-electron chi connectivity index (χ4n) is 2.71. The molecule has 0 atom stereocenters. The summed E-state index contributed by atoms with van der Waals surface area (Å²) in [5, 5.41) is 6.81. The zero-order valence-corrected chi connectivity index (χ0v) is 19.6. The van der Waals surface area contributed by atoms with E-state index in [1.165, 1.54) is 0 Å². The minimum absolute atomic E-state index is 0.0949. The highest BCUT2D eigenvalue weighted by Crippen LogP contribution is 2.35. The molecule has 3 aromatic carbocycles. The van der Waals surface area contributed by atoms with E-state index in [9.17, 15) is 4.79 Å². The highest BCUT2D eigenvalue weighted by atomic mass is 79.9. The molecule has 0 bridgehead atoms. The maximum absolute atomic E-state index is 12.2. The normalized spacial score (nSPS) is 10.5. The van der Waals surface area contributed by atoms with Gasteiger partial charge in [0, 0.05) is 12.2 Å². The summed E-state index contributed by atoms with van der Waals surface area (Å²) < 4.78 is 7.23. The molecule has 29 heavy (non-hydrogen) atoms. The average molecular weight is 539 g/mol. The molecule has 3 rings (SSSR count). The summed E-state index contributed by atoms with van der Waals surface area (Å²) in [5.41, 5.74) is 3.72. The van der Waals surface area contributed by atoms with Crippen molar-refractivity contribution in [3.63, 3.8) is 0 Å². The Hall–Kier alpha value is -2.02. The van der Waals surface area contributed by atoms with Crippen molar-refractivity contribution in [3.05, 3.63) is 85.8 Å². The Morgan fingerprint density at radius 3 is 2.45 bits per heavy atom. The molecule has 0 aliphatic carbocycles. The zero-order chi connectivity index (χ0) is 20.8. The first kappa shape index (κ1) is 21.7. The molecule has 0 saturated carbocycles. The van der Waals surface area contributed by atoms with Crippen molar-refractivity contribution in [1.29, 1.82) is 0 Å². The van der Waals surface area contributed by atoms with E-state index in [1.54, 1.807) is 0 Å². The highest BCUT2D eigenvalue weighted by molar-refractivity contribution is 9.11. The molecule has 2 N–H and O–H groups in total. The first-order chi connectivity index (χ1) is 13.9. The van der Waals surface area contributed by atoms with Crippen LogP contribution in [0.25, 0.3) is 0 Å². The number of nitrogens with one attached hydrogen (secondary N) is 2. The van der Waals surface area contributed by atoms with Crippen molar-refractivity contribution in [3.8, 4) is 5.75 Å². The number of carbonyl (C=O) groups is 1. The number of hydrogen-bond donors (Lipinski definition) is 2. The second-order valence-corrected chi connectivity index (χ2v) is 8.54. The molecule has 0 unspecified atom stereocenters. The first-order valence-corrected chi connectivity index (χ1v) is 10.8. The van der Waals surface area contributed by atoms with E-state index < -0.39 is 0 Å². The lowest BCUT2D eigenvalue weighted by Crippen LogP contribution is -2.20. The third-order valence-electron chi connectivity index (χ3n) is 4.06. The minimum atomic E-state index is -0.223. The Bertz CT molecular complexity index is 1000. The quantitative estimate of drug-likeness (QED) is 0.348. The monoisotopic (exact) mass is 536 g/mol. The lowest BCUT2D eigenvalue weighted by atomic mass is 10.2. The second-order valence-electron chi connectivity index (χ2n) is 6.43. The van der Waals surface area contributed by atoms with Gasteiger partial charge in [0.15, 0.2) is 6.61 Å². The Morgan fingerprint density at radius 2 is 1.76 bits per heavy atom. The topological polar surface area (TPSA) is 50.4 Å². The standard InChI is InChI=1S/C22H19Br2ClN2O2/c1-14-5-4-6-16(9-14)27-21(28)13-29-22-17(23)10-15(11-18(22)24)12-26-20-8-3-2-7-19(20)25/h2-11,26H,12-13H2,1H3,(H,27,28). The number of rotatable bonds is 7. The number of hydrogen-bond acceptors (Lipinski definition) is 3. The van der Waals surface area contributed by atoms with Crippen LogP contribution in [0.1, 0.15) is 11.1 Å². The summed E-state index contributed by atoms with van der Waals surface area (Å²) >= 11 is 13.2. The van der Waals surface area contributed by atoms with E-state index in [0.29, 0.717) is 17.3 Å². The van der Waals surface area contributed by atoms with Gasteiger partial charge in [-0.3, -0.25) is 4.79 Å². The molecular weight excluding hydrogens is 520 g/mol. The second kappa shape index (κ2) is 10.1. The Kier molecular flexibility index (Phi) is 7.58. The molecule has 150 valence electrons. The van der Waals surface area contributed by atoms with Crippen molar-refractivity contribution in [2.24, 2.45) is 0 Å². The van der Waals surface area contributed by atoms with Crippen LogP contribution >= 0.6 is 43.5 Å². The smallest absolute Gasteiger partial charge is 0.262 e. The summed E-state index contributed by atoms with van der Waals surface area (Å²) in [6, 6.07) is 19.1. The summed E-state index contributed by atoms with van der Waals surface area (Å²) in [7, 11) is 0. The predicted molar refractivity (Wildman–Crippen MR) is 126 cm³/mol. The van der Waals surface area contributed by atoms with Crippen molar-refractivity contribution < 1.29 is 9.53 Å². The van der Waals surface area contributed by atoms with Crippen LogP contribution < -0.4 is 15.4 Å². The summed E-state index contributed by atoms with van der Waals surface area (Å²) in [4.78, 5) is 12.2. The van der Waals surface area contributed by atoms with Gasteiger partial charge in [-0.1, -0.05) is 35.9 Å². The SMILES string of the molecule is Cc1cccc(NC(=O)COc2c(Br)cc(CNc3ccccc3Cl)cc2Br)c1. The van der Waals surface area contributed by atoms with Crippen LogP contribution in [-0.2, 0) is 11.3 Å². The zero-order valence-electron chi connectivity index (χ0n) is 15.6. The van der Waals surface area contributed by atoms with Gasteiger partial charge in [-0.05, 0) is 86.3 Å². The number of anilines is 2. The van der Waals surface area contributed by atoms with Crippen LogP contribution in [0, 0.1) is 6.92 Å². The van der Waals surface area contributed by atoms with Crippen LogP contribution in [0.15, 0.2) is 69.6 Å². The number of aryl methyl sites for hydroxylation is 1. The molecule has 0 spiro atoms. The van der Waals surface area contributed by atoms with Gasteiger partial charge >= 0.3 is 0 Å². The minimum Gasteiger partial charge on any atom is -0.481 e. The fraction of sp³-hybridized carbons (Fsp3) is 0.136. The van der Waals surface area contributed by atoms with Crippen LogP contribution in [0.5, 0.6) is 5.75 Å². The van der Waals surface area contributed by atoms with Crippen molar-refractivity contribution >= 4 is 60.7 Å². The van der Waals surface area contributed by atoms with Crippen molar-refractivity contribution in [2.45, 2.75) is 13.5 Å². The number of ether oxygens (including phenoxy) is 1. The molecular formula is C22H19Br2ClN2O2. The number of benzene rings is 3. The van der Waals surface area contributed by atoms with E-state index >= 15 is 0 Å². The molecule has 0 heterocycles. The highest BCUT2D eigenvalue weighted by Gasteiger charge is 2.12. The number of amides is 1. The molecule has 0 saturated heterocycles. The third-order valence-corrected chi connectivity index (χ3v) is 5.57.